The highest BCUT2D eigenvalue weighted by molar-refractivity contribution is 5.49. The van der Waals surface area contributed by atoms with Gasteiger partial charge in [0.1, 0.15) is 17.1 Å². The fourth-order valence-electron chi connectivity index (χ4n) is 2.71. The van der Waals surface area contributed by atoms with Gasteiger partial charge in [-0.2, -0.15) is 0 Å². The topological polar surface area (TPSA) is 29.5 Å². The highest BCUT2D eigenvalue weighted by atomic mass is 16.5. The third kappa shape index (κ3) is 2.21. The van der Waals surface area contributed by atoms with Gasteiger partial charge < -0.3 is 9.84 Å². The quantitative estimate of drug-likeness (QED) is 0.859. The van der Waals surface area contributed by atoms with Crippen LogP contribution in [0.25, 0.3) is 0 Å². The van der Waals surface area contributed by atoms with Crippen molar-refractivity contribution >= 4 is 0 Å². The lowest BCUT2D eigenvalue weighted by atomic mass is 9.85. The smallest absolute Gasteiger partial charge is 0.127 e. The molecule has 1 aromatic carbocycles. The molecule has 2 heteroatoms. The number of hydrogen-bond acceptors (Lipinski definition) is 2. The Morgan fingerprint density at radius 2 is 1.94 bits per heavy atom. The van der Waals surface area contributed by atoms with E-state index >= 15 is 0 Å². The molecule has 0 saturated carbocycles. The molecule has 0 radical (unpaired) electrons. The second-order valence-electron chi connectivity index (χ2n) is 5.66. The summed E-state index contributed by atoms with van der Waals surface area (Å²) in [7, 11) is 0. The maximum Gasteiger partial charge on any atom is 0.127 e. The average Bonchev–Trinajstić information content (AvgIpc) is 2.37. The van der Waals surface area contributed by atoms with Gasteiger partial charge in [0.25, 0.3) is 0 Å². The van der Waals surface area contributed by atoms with Gasteiger partial charge in [-0.05, 0) is 49.3 Å². The highest BCUT2D eigenvalue weighted by Crippen LogP contribution is 2.42. The molecule has 0 aromatic heterocycles. The summed E-state index contributed by atoms with van der Waals surface area (Å²) < 4.78 is 6.23. The fourth-order valence-corrected chi connectivity index (χ4v) is 2.71. The van der Waals surface area contributed by atoms with E-state index < -0.39 is 0 Å². The minimum Gasteiger partial charge on any atom is -0.508 e. The Hall–Kier alpha value is -1.18. The van der Waals surface area contributed by atoms with Crippen LogP contribution in [-0.4, -0.2) is 10.7 Å². The summed E-state index contributed by atoms with van der Waals surface area (Å²) >= 11 is 0. The van der Waals surface area contributed by atoms with Crippen molar-refractivity contribution in [3.8, 4) is 11.5 Å². The summed E-state index contributed by atoms with van der Waals surface area (Å²) in [6.45, 7) is 8.63. The molecule has 2 rings (SSSR count). The lowest BCUT2D eigenvalue weighted by molar-refractivity contribution is 0.0375. The molecule has 0 fully saturated rings. The van der Waals surface area contributed by atoms with Crippen LogP contribution in [0.15, 0.2) is 12.1 Å². The van der Waals surface area contributed by atoms with Crippen LogP contribution in [-0.2, 0) is 6.42 Å². The number of phenols is 1. The minimum atomic E-state index is -0.0327. The van der Waals surface area contributed by atoms with Crippen LogP contribution in [0.4, 0.5) is 0 Å². The SMILES string of the molecule is CCC1(CC)CCc2c(O)cc(C(C)C)cc2O1. The molecule has 2 nitrogen and oxygen atoms in total. The summed E-state index contributed by atoms with van der Waals surface area (Å²) in [6.07, 6.45) is 3.97. The normalized spacial score (nSPS) is 17.4. The van der Waals surface area contributed by atoms with Gasteiger partial charge in [0, 0.05) is 5.56 Å². The Morgan fingerprint density at radius 3 is 2.50 bits per heavy atom. The van der Waals surface area contributed by atoms with Crippen molar-refractivity contribution in [3.63, 3.8) is 0 Å². The van der Waals surface area contributed by atoms with Gasteiger partial charge in [0.15, 0.2) is 0 Å². The van der Waals surface area contributed by atoms with Crippen molar-refractivity contribution in [2.45, 2.75) is 64.9 Å². The standard InChI is InChI=1S/C16H24O2/c1-5-16(6-2)8-7-13-14(17)9-12(11(3)4)10-15(13)18-16/h9-11,17H,5-8H2,1-4H3. The van der Waals surface area contributed by atoms with Gasteiger partial charge in [-0.15, -0.1) is 0 Å². The largest absolute Gasteiger partial charge is 0.508 e. The zero-order valence-corrected chi connectivity index (χ0v) is 11.9. The minimum absolute atomic E-state index is 0.0327. The van der Waals surface area contributed by atoms with Crippen molar-refractivity contribution in [3.05, 3.63) is 23.3 Å². The average molecular weight is 248 g/mol. The van der Waals surface area contributed by atoms with Crippen LogP contribution in [0.2, 0.25) is 0 Å². The van der Waals surface area contributed by atoms with Gasteiger partial charge in [-0.3, -0.25) is 0 Å². The lowest BCUT2D eigenvalue weighted by Gasteiger charge is -2.38. The Labute approximate surface area is 110 Å². The van der Waals surface area contributed by atoms with E-state index in [0.717, 1.165) is 42.6 Å². The number of phenolic OH excluding ortho intramolecular Hbond substituents is 1. The number of hydrogen-bond donors (Lipinski definition) is 1. The summed E-state index contributed by atoms with van der Waals surface area (Å²) in [5.41, 5.74) is 2.10. The molecule has 0 unspecified atom stereocenters. The zero-order valence-electron chi connectivity index (χ0n) is 11.9. The van der Waals surface area contributed by atoms with Crippen molar-refractivity contribution in [2.75, 3.05) is 0 Å². The van der Waals surface area contributed by atoms with Crippen LogP contribution < -0.4 is 4.74 Å². The van der Waals surface area contributed by atoms with E-state index in [-0.39, 0.29) is 5.60 Å². The molecular weight excluding hydrogens is 224 g/mol. The Morgan fingerprint density at radius 1 is 1.28 bits per heavy atom. The van der Waals surface area contributed by atoms with E-state index in [9.17, 15) is 5.11 Å². The molecule has 1 aromatic rings. The second kappa shape index (κ2) is 4.83. The number of ether oxygens (including phenoxy) is 1. The number of aromatic hydroxyl groups is 1. The Balaban J connectivity index is 2.41. The predicted octanol–water partition coefficient (Wildman–Crippen LogP) is 4.40. The van der Waals surface area contributed by atoms with Crippen molar-refractivity contribution in [1.82, 2.24) is 0 Å². The molecule has 0 aliphatic carbocycles. The molecule has 1 aliphatic rings. The summed E-state index contributed by atoms with van der Waals surface area (Å²) in [6, 6.07) is 4.00. The molecule has 1 N–H and O–H groups in total. The molecular formula is C16H24O2. The van der Waals surface area contributed by atoms with Gasteiger partial charge in [0.05, 0.1) is 0 Å². The van der Waals surface area contributed by atoms with E-state index in [2.05, 4.69) is 33.8 Å². The van der Waals surface area contributed by atoms with Crippen molar-refractivity contribution in [2.24, 2.45) is 0 Å². The molecule has 0 atom stereocenters. The van der Waals surface area contributed by atoms with E-state index in [4.69, 9.17) is 4.74 Å². The molecule has 0 spiro atoms. The summed E-state index contributed by atoms with van der Waals surface area (Å²) in [4.78, 5) is 0. The zero-order chi connectivity index (χ0) is 13.3. The molecule has 0 amide bonds. The van der Waals surface area contributed by atoms with Crippen LogP contribution in [0.1, 0.15) is 64.0 Å². The van der Waals surface area contributed by atoms with Crippen LogP contribution in [0.3, 0.4) is 0 Å². The van der Waals surface area contributed by atoms with Crippen LogP contribution >= 0.6 is 0 Å². The lowest BCUT2D eigenvalue weighted by Crippen LogP contribution is -2.38. The van der Waals surface area contributed by atoms with Crippen molar-refractivity contribution < 1.29 is 9.84 Å². The third-order valence-electron chi connectivity index (χ3n) is 4.32. The van der Waals surface area contributed by atoms with Gasteiger partial charge in [0.2, 0.25) is 0 Å². The first-order valence-corrected chi connectivity index (χ1v) is 7.06. The van der Waals surface area contributed by atoms with E-state index in [1.807, 2.05) is 6.07 Å². The van der Waals surface area contributed by atoms with Gasteiger partial charge >= 0.3 is 0 Å². The Kier molecular flexibility index (Phi) is 3.56. The Bertz CT molecular complexity index is 431. The predicted molar refractivity (Wildman–Crippen MR) is 74.5 cm³/mol. The molecule has 100 valence electrons. The van der Waals surface area contributed by atoms with Gasteiger partial charge in [-0.25, -0.2) is 0 Å². The summed E-state index contributed by atoms with van der Waals surface area (Å²) in [5, 5.41) is 10.1. The molecule has 1 heterocycles. The van der Waals surface area contributed by atoms with Gasteiger partial charge in [-0.1, -0.05) is 27.7 Å². The maximum atomic E-state index is 10.1. The molecule has 1 aliphatic heterocycles. The number of benzene rings is 1. The van der Waals surface area contributed by atoms with Crippen LogP contribution in [0, 0.1) is 0 Å². The first-order valence-electron chi connectivity index (χ1n) is 7.06. The number of rotatable bonds is 3. The van der Waals surface area contributed by atoms with E-state index in [1.54, 1.807) is 0 Å². The van der Waals surface area contributed by atoms with E-state index in [0.29, 0.717) is 11.7 Å². The maximum absolute atomic E-state index is 10.1. The molecule has 18 heavy (non-hydrogen) atoms. The number of fused-ring (bicyclic) bond motifs is 1. The fraction of sp³-hybridized carbons (Fsp3) is 0.625. The van der Waals surface area contributed by atoms with Crippen molar-refractivity contribution in [1.29, 1.82) is 0 Å². The highest BCUT2D eigenvalue weighted by Gasteiger charge is 2.34. The third-order valence-corrected chi connectivity index (χ3v) is 4.32. The first kappa shape index (κ1) is 13.3. The second-order valence-corrected chi connectivity index (χ2v) is 5.66. The van der Waals surface area contributed by atoms with E-state index in [1.165, 1.54) is 0 Å². The van der Waals surface area contributed by atoms with Crippen LogP contribution in [0.5, 0.6) is 11.5 Å². The molecule has 0 bridgehead atoms. The molecule has 0 saturated heterocycles. The summed E-state index contributed by atoms with van der Waals surface area (Å²) in [5.74, 6) is 1.70. The first-order chi connectivity index (χ1) is 8.51. The monoisotopic (exact) mass is 248 g/mol.